The maximum absolute atomic E-state index is 14.5. The van der Waals surface area contributed by atoms with Crippen LogP contribution in [0.25, 0.3) is 5.69 Å². The summed E-state index contributed by atoms with van der Waals surface area (Å²) >= 11 is 6.06. The molecule has 33 heavy (non-hydrogen) atoms. The van der Waals surface area contributed by atoms with Gasteiger partial charge in [0.2, 0.25) is 0 Å². The quantitative estimate of drug-likeness (QED) is 0.369. The molecule has 0 saturated heterocycles. The van der Waals surface area contributed by atoms with Crippen molar-refractivity contribution in [3.8, 4) is 22.9 Å². The van der Waals surface area contributed by atoms with Gasteiger partial charge in [0.05, 0.1) is 23.9 Å². The maximum Gasteiger partial charge on any atom is 0.418 e. The van der Waals surface area contributed by atoms with Gasteiger partial charge >= 0.3 is 12.1 Å². The highest BCUT2D eigenvalue weighted by Crippen LogP contribution is 2.37. The molecular weight excluding hydrogens is 472 g/mol. The fourth-order valence-corrected chi connectivity index (χ4v) is 2.85. The highest BCUT2D eigenvalue weighted by Gasteiger charge is 2.32. The smallest absolute Gasteiger partial charge is 0.418 e. The first-order valence-electron chi connectivity index (χ1n) is 9.18. The van der Waals surface area contributed by atoms with E-state index in [9.17, 15) is 27.2 Å². The summed E-state index contributed by atoms with van der Waals surface area (Å²) in [6.07, 6.45) is -5.37. The van der Waals surface area contributed by atoms with Crippen LogP contribution >= 0.6 is 11.6 Å². The van der Waals surface area contributed by atoms with Crippen LogP contribution in [-0.2, 0) is 15.7 Å². The number of carbonyl (C=O) groups excluding carboxylic acids is 1. The number of hydrogen-bond donors (Lipinski definition) is 0. The predicted octanol–water partition coefficient (Wildman–Crippen LogP) is 4.78. The summed E-state index contributed by atoms with van der Waals surface area (Å²) in [4.78, 5) is 23.8. The molecule has 12 heteroatoms. The molecule has 0 radical (unpaired) electrons. The molecule has 0 N–H and O–H groups in total. The number of aromatic nitrogens is 2. The number of benzene rings is 2. The molecule has 0 bridgehead atoms. The van der Waals surface area contributed by atoms with Gasteiger partial charge in [-0.3, -0.25) is 4.79 Å². The fourth-order valence-electron chi connectivity index (χ4n) is 2.66. The number of halogens is 5. The van der Waals surface area contributed by atoms with E-state index in [1.807, 2.05) is 0 Å². The Morgan fingerprint density at radius 1 is 1.12 bits per heavy atom. The molecular formula is C21H15ClF4N2O5. The Balaban J connectivity index is 1.99. The zero-order valence-corrected chi connectivity index (χ0v) is 17.8. The average molecular weight is 487 g/mol. The molecule has 1 atom stereocenters. The number of carbonyl (C=O) groups is 1. The molecule has 3 rings (SSSR count). The Hall–Kier alpha value is -3.60. The van der Waals surface area contributed by atoms with Crippen LogP contribution in [0.2, 0.25) is 5.02 Å². The van der Waals surface area contributed by atoms with Gasteiger partial charge in [-0.15, -0.1) is 0 Å². The van der Waals surface area contributed by atoms with Gasteiger partial charge in [-0.1, -0.05) is 23.7 Å². The van der Waals surface area contributed by atoms with Crippen molar-refractivity contribution in [1.29, 1.82) is 0 Å². The first-order chi connectivity index (χ1) is 15.5. The monoisotopic (exact) mass is 486 g/mol. The van der Waals surface area contributed by atoms with E-state index in [0.717, 1.165) is 12.1 Å². The Labute approximate surface area is 189 Å². The van der Waals surface area contributed by atoms with Gasteiger partial charge < -0.3 is 14.2 Å². The fraction of sp³-hybridized carbons (Fsp3) is 0.190. The van der Waals surface area contributed by atoms with E-state index in [-0.39, 0.29) is 22.3 Å². The number of ether oxygens (including phenoxy) is 3. The summed E-state index contributed by atoms with van der Waals surface area (Å²) in [6.45, 7) is 1.45. The zero-order chi connectivity index (χ0) is 24.3. The van der Waals surface area contributed by atoms with Crippen LogP contribution in [0, 0.1) is 5.82 Å². The van der Waals surface area contributed by atoms with Gasteiger partial charge in [0.15, 0.2) is 23.4 Å². The lowest BCUT2D eigenvalue weighted by atomic mass is 10.2. The molecule has 1 heterocycles. The van der Waals surface area contributed by atoms with Crippen molar-refractivity contribution in [2.24, 2.45) is 0 Å². The maximum atomic E-state index is 14.5. The molecule has 0 aliphatic heterocycles. The Bertz CT molecular complexity index is 1250. The topological polar surface area (TPSA) is 79.7 Å². The van der Waals surface area contributed by atoms with Crippen LogP contribution in [0.1, 0.15) is 12.5 Å². The van der Waals surface area contributed by atoms with Crippen molar-refractivity contribution < 1.29 is 36.6 Å². The molecule has 0 aliphatic carbocycles. The second kappa shape index (κ2) is 9.49. The lowest BCUT2D eigenvalue weighted by molar-refractivity contribution is -0.148. The van der Waals surface area contributed by atoms with Crippen LogP contribution in [0.3, 0.4) is 0 Å². The number of rotatable bonds is 6. The third-order valence-corrected chi connectivity index (χ3v) is 4.56. The van der Waals surface area contributed by atoms with E-state index in [1.165, 1.54) is 26.2 Å². The van der Waals surface area contributed by atoms with Crippen molar-refractivity contribution in [2.75, 3.05) is 7.11 Å². The molecule has 1 unspecified atom stereocenters. The minimum atomic E-state index is -4.79. The summed E-state index contributed by atoms with van der Waals surface area (Å²) in [5.41, 5.74) is -2.98. The van der Waals surface area contributed by atoms with Crippen molar-refractivity contribution in [2.45, 2.75) is 19.2 Å². The van der Waals surface area contributed by atoms with Crippen LogP contribution < -0.4 is 15.0 Å². The molecule has 174 valence electrons. The summed E-state index contributed by atoms with van der Waals surface area (Å²) in [6, 6.07) is 8.27. The standard InChI is InChI=1S/C21H15ClF4N2O5/c1-11(20(30)31-2)32-16-5-3-4-6-17(16)33-18-9-15(14(23)8-13(18)22)28-19(29)7-12(10-27-28)21(24,25)26/h3-11H,1-2H3. The molecule has 0 aliphatic rings. The number of hydrogen-bond acceptors (Lipinski definition) is 6. The van der Waals surface area contributed by atoms with E-state index in [1.54, 1.807) is 12.1 Å². The third-order valence-electron chi connectivity index (χ3n) is 4.26. The van der Waals surface area contributed by atoms with Crippen molar-refractivity contribution in [3.05, 3.63) is 75.4 Å². The van der Waals surface area contributed by atoms with Gasteiger partial charge in [0, 0.05) is 12.1 Å². The number of para-hydroxylation sites is 2. The summed E-state index contributed by atoms with van der Waals surface area (Å²) in [7, 11) is 1.20. The minimum Gasteiger partial charge on any atom is -0.475 e. The van der Waals surface area contributed by atoms with Gasteiger partial charge in [0.1, 0.15) is 11.4 Å². The highest BCUT2D eigenvalue weighted by molar-refractivity contribution is 6.32. The van der Waals surface area contributed by atoms with Gasteiger partial charge in [-0.2, -0.15) is 23.0 Å². The van der Waals surface area contributed by atoms with Crippen molar-refractivity contribution in [3.63, 3.8) is 0 Å². The Morgan fingerprint density at radius 3 is 2.39 bits per heavy atom. The Kier molecular flexibility index (Phi) is 6.92. The molecule has 7 nitrogen and oxygen atoms in total. The summed E-state index contributed by atoms with van der Waals surface area (Å²) in [5, 5.41) is 3.21. The second-order valence-electron chi connectivity index (χ2n) is 6.56. The normalized spacial score (nSPS) is 12.2. The molecule has 0 spiro atoms. The predicted molar refractivity (Wildman–Crippen MR) is 108 cm³/mol. The van der Waals surface area contributed by atoms with E-state index in [0.29, 0.717) is 16.9 Å². The minimum absolute atomic E-state index is 0.0837. The zero-order valence-electron chi connectivity index (χ0n) is 17.0. The average Bonchev–Trinajstić information content (AvgIpc) is 2.75. The van der Waals surface area contributed by atoms with Crippen LogP contribution in [0.4, 0.5) is 17.6 Å². The van der Waals surface area contributed by atoms with Gasteiger partial charge in [0.25, 0.3) is 5.56 Å². The molecule has 1 aromatic heterocycles. The van der Waals surface area contributed by atoms with E-state index >= 15 is 0 Å². The van der Waals surface area contributed by atoms with E-state index in [2.05, 4.69) is 9.84 Å². The Morgan fingerprint density at radius 2 is 1.79 bits per heavy atom. The largest absolute Gasteiger partial charge is 0.475 e. The van der Waals surface area contributed by atoms with Crippen LogP contribution in [0.15, 0.2) is 53.5 Å². The number of esters is 1. The molecule has 0 amide bonds. The molecule has 2 aromatic carbocycles. The summed E-state index contributed by atoms with van der Waals surface area (Å²) < 4.78 is 69.2. The number of alkyl halides is 3. The molecule has 0 saturated carbocycles. The third kappa shape index (κ3) is 5.43. The lowest BCUT2D eigenvalue weighted by Crippen LogP contribution is -2.25. The number of nitrogens with zero attached hydrogens (tertiary/aromatic N) is 2. The van der Waals surface area contributed by atoms with Crippen LogP contribution in [0.5, 0.6) is 17.2 Å². The highest BCUT2D eigenvalue weighted by atomic mass is 35.5. The second-order valence-corrected chi connectivity index (χ2v) is 6.97. The van der Waals surface area contributed by atoms with E-state index < -0.39 is 40.9 Å². The van der Waals surface area contributed by atoms with Gasteiger partial charge in [-0.25, -0.2) is 9.18 Å². The van der Waals surface area contributed by atoms with E-state index in [4.69, 9.17) is 21.1 Å². The van der Waals surface area contributed by atoms with Crippen molar-refractivity contribution >= 4 is 17.6 Å². The van der Waals surface area contributed by atoms with Crippen LogP contribution in [-0.4, -0.2) is 29.0 Å². The first kappa shape index (κ1) is 24.1. The van der Waals surface area contributed by atoms with Gasteiger partial charge in [-0.05, 0) is 25.1 Å². The number of methoxy groups -OCH3 is 1. The van der Waals surface area contributed by atoms with Crippen molar-refractivity contribution in [1.82, 2.24) is 9.78 Å². The lowest BCUT2D eigenvalue weighted by Gasteiger charge is -2.17. The first-order valence-corrected chi connectivity index (χ1v) is 9.56. The SMILES string of the molecule is COC(=O)C(C)Oc1ccccc1Oc1cc(-n2ncc(C(F)(F)F)cc2=O)c(F)cc1Cl. The molecule has 0 fully saturated rings. The summed E-state index contributed by atoms with van der Waals surface area (Å²) in [5.74, 6) is -1.60. The molecule has 3 aromatic rings.